The lowest BCUT2D eigenvalue weighted by atomic mass is 9.95. The number of aliphatic hydroxyl groups is 1. The average molecular weight is 465 g/mol. The normalized spacial score (nSPS) is 16.1. The van der Waals surface area contributed by atoms with E-state index >= 15 is 0 Å². The predicted octanol–water partition coefficient (Wildman–Crippen LogP) is 3.49. The van der Waals surface area contributed by atoms with Crippen LogP contribution in [0.15, 0.2) is 64.3 Å². The third kappa shape index (κ3) is 3.99. The summed E-state index contributed by atoms with van der Waals surface area (Å²) in [4.78, 5) is 40.3. The summed E-state index contributed by atoms with van der Waals surface area (Å²) in [5.41, 5.74) is 0.557. The molecule has 0 spiro atoms. The zero-order chi connectivity index (χ0) is 24.6. The van der Waals surface area contributed by atoms with Gasteiger partial charge in [-0.2, -0.15) is 0 Å². The van der Waals surface area contributed by atoms with Crippen molar-refractivity contribution in [2.75, 3.05) is 34.3 Å². The molecule has 3 aromatic rings. The molecule has 0 radical (unpaired) electrons. The van der Waals surface area contributed by atoms with Crippen molar-refractivity contribution < 1.29 is 28.8 Å². The van der Waals surface area contributed by atoms with Crippen LogP contribution in [0.4, 0.5) is 5.69 Å². The molecule has 34 heavy (non-hydrogen) atoms. The number of carbonyl (C=O) groups is 2. The summed E-state index contributed by atoms with van der Waals surface area (Å²) in [6.07, 6.45) is 0. The number of nitro groups is 1. The predicted molar refractivity (Wildman–Crippen MR) is 123 cm³/mol. The van der Waals surface area contributed by atoms with Gasteiger partial charge in [0.25, 0.3) is 11.6 Å². The molecule has 0 fully saturated rings. The Morgan fingerprint density at radius 1 is 1.24 bits per heavy atom. The Morgan fingerprint density at radius 3 is 2.56 bits per heavy atom. The molecule has 1 aliphatic heterocycles. The topological polar surface area (TPSA) is 126 Å². The Bertz CT molecular complexity index is 1310. The smallest absolute Gasteiger partial charge is 0.290 e. The molecule has 1 N–H and O–H groups in total. The van der Waals surface area contributed by atoms with E-state index < -0.39 is 28.4 Å². The first-order valence-corrected chi connectivity index (χ1v) is 10.5. The van der Waals surface area contributed by atoms with Crippen molar-refractivity contribution in [2.45, 2.75) is 6.04 Å². The lowest BCUT2D eigenvalue weighted by molar-refractivity contribution is -0.384. The lowest BCUT2D eigenvalue weighted by Gasteiger charge is -2.27. The number of Topliss-reactive ketones (excluding diaryl/α,β-unsaturated/α-hetero) is 1. The highest BCUT2D eigenvalue weighted by atomic mass is 16.6. The van der Waals surface area contributed by atoms with Crippen LogP contribution < -0.4 is 4.74 Å². The van der Waals surface area contributed by atoms with E-state index in [4.69, 9.17) is 9.15 Å². The van der Waals surface area contributed by atoms with E-state index in [-0.39, 0.29) is 23.6 Å². The summed E-state index contributed by atoms with van der Waals surface area (Å²) in [5.74, 6) is -1.63. The van der Waals surface area contributed by atoms with Gasteiger partial charge in [0.15, 0.2) is 22.9 Å². The molecule has 1 atom stereocenters. The van der Waals surface area contributed by atoms with Gasteiger partial charge in [0, 0.05) is 30.6 Å². The molecule has 2 heterocycles. The maximum absolute atomic E-state index is 13.6. The van der Waals surface area contributed by atoms with E-state index in [1.165, 1.54) is 42.3 Å². The van der Waals surface area contributed by atoms with Crippen molar-refractivity contribution in [3.05, 3.63) is 81.3 Å². The van der Waals surface area contributed by atoms with Crippen molar-refractivity contribution in [3.8, 4) is 5.75 Å². The summed E-state index contributed by atoms with van der Waals surface area (Å²) in [6.45, 7) is 0.702. The summed E-state index contributed by atoms with van der Waals surface area (Å²) in [6, 6.07) is 11.3. The Kier molecular flexibility index (Phi) is 6.08. The molecular formula is C24H23N3O7. The van der Waals surface area contributed by atoms with Crippen LogP contribution in [0.3, 0.4) is 0 Å². The fourth-order valence-corrected chi connectivity index (χ4v) is 3.99. The minimum absolute atomic E-state index is 0.0600. The van der Waals surface area contributed by atoms with Crippen LogP contribution in [-0.4, -0.2) is 65.8 Å². The van der Waals surface area contributed by atoms with Gasteiger partial charge >= 0.3 is 0 Å². The van der Waals surface area contributed by atoms with Gasteiger partial charge in [0.05, 0.1) is 23.6 Å². The lowest BCUT2D eigenvalue weighted by Crippen LogP contribution is -2.36. The first-order valence-electron chi connectivity index (χ1n) is 10.5. The van der Waals surface area contributed by atoms with E-state index in [0.717, 1.165) is 0 Å². The monoisotopic (exact) mass is 465 g/mol. The Morgan fingerprint density at radius 2 is 1.94 bits per heavy atom. The van der Waals surface area contributed by atoms with Crippen LogP contribution in [0.5, 0.6) is 5.75 Å². The number of nitrogens with zero attached hydrogens (tertiary/aromatic N) is 3. The van der Waals surface area contributed by atoms with Crippen molar-refractivity contribution in [2.24, 2.45) is 0 Å². The van der Waals surface area contributed by atoms with Crippen LogP contribution in [0.25, 0.3) is 11.0 Å². The minimum Gasteiger partial charge on any atom is -0.503 e. The molecule has 0 saturated carbocycles. The minimum atomic E-state index is -0.934. The molecule has 0 aliphatic carbocycles. The molecule has 176 valence electrons. The van der Waals surface area contributed by atoms with E-state index in [2.05, 4.69) is 0 Å². The van der Waals surface area contributed by atoms with Gasteiger partial charge in [-0.25, -0.2) is 0 Å². The Balaban J connectivity index is 1.80. The van der Waals surface area contributed by atoms with Crippen LogP contribution in [-0.2, 0) is 4.79 Å². The molecule has 1 aromatic heterocycles. The number of nitro benzene ring substituents is 1. The number of aliphatic hydroxyl groups excluding tert-OH is 1. The molecule has 10 heteroatoms. The van der Waals surface area contributed by atoms with Crippen molar-refractivity contribution in [3.63, 3.8) is 0 Å². The Hall–Kier alpha value is -4.18. The number of methoxy groups -OCH3 is 1. The number of furan rings is 1. The highest BCUT2D eigenvalue weighted by Gasteiger charge is 2.44. The third-order valence-corrected chi connectivity index (χ3v) is 5.71. The van der Waals surface area contributed by atoms with Gasteiger partial charge in [-0.05, 0) is 43.9 Å². The second-order valence-electron chi connectivity index (χ2n) is 8.13. The van der Waals surface area contributed by atoms with Gasteiger partial charge in [0.2, 0.25) is 5.78 Å². The number of likely N-dealkylation sites (N-methyl/N-ethyl adjacent to an activating group) is 1. The van der Waals surface area contributed by atoms with Crippen LogP contribution >= 0.6 is 0 Å². The quantitative estimate of drug-likeness (QED) is 0.304. The molecule has 1 aliphatic rings. The highest BCUT2D eigenvalue weighted by molar-refractivity contribution is 6.16. The second kappa shape index (κ2) is 8.99. The van der Waals surface area contributed by atoms with Crippen molar-refractivity contribution in [1.29, 1.82) is 0 Å². The summed E-state index contributed by atoms with van der Waals surface area (Å²) in [5, 5.41) is 22.5. The fraction of sp³-hybridized carbons (Fsp3) is 0.250. The molecule has 2 aromatic carbocycles. The zero-order valence-corrected chi connectivity index (χ0v) is 18.8. The number of para-hydroxylation sites is 1. The number of hydrogen-bond acceptors (Lipinski definition) is 8. The Labute approximate surface area is 194 Å². The number of hydrogen-bond donors (Lipinski definition) is 1. The molecule has 0 unspecified atom stereocenters. The third-order valence-electron chi connectivity index (χ3n) is 5.71. The van der Waals surface area contributed by atoms with Crippen LogP contribution in [0.2, 0.25) is 0 Å². The van der Waals surface area contributed by atoms with Gasteiger partial charge in [-0.3, -0.25) is 19.7 Å². The number of benzene rings is 2. The van der Waals surface area contributed by atoms with E-state index in [1.54, 1.807) is 18.2 Å². The van der Waals surface area contributed by atoms with E-state index in [1.807, 2.05) is 19.0 Å². The summed E-state index contributed by atoms with van der Waals surface area (Å²) >= 11 is 0. The number of carbonyl (C=O) groups excluding carboxylic acids is 2. The molecule has 10 nitrogen and oxygen atoms in total. The largest absolute Gasteiger partial charge is 0.503 e. The molecule has 0 bridgehead atoms. The maximum Gasteiger partial charge on any atom is 0.290 e. The van der Waals surface area contributed by atoms with Crippen LogP contribution in [0, 0.1) is 10.1 Å². The molecule has 0 saturated heterocycles. The molecule has 1 amide bonds. The number of rotatable bonds is 8. The van der Waals surface area contributed by atoms with Gasteiger partial charge in [0.1, 0.15) is 0 Å². The molecule has 4 rings (SSSR count). The van der Waals surface area contributed by atoms with Gasteiger partial charge < -0.3 is 24.1 Å². The zero-order valence-electron chi connectivity index (χ0n) is 18.8. The average Bonchev–Trinajstić information content (AvgIpc) is 3.36. The standard InChI is InChI=1S/C24H23N3O7/c1-25(2)11-12-26-20(14-7-9-16(10-8-14)27(31)32)19(22(29)24(26)30)21(28)18-13-15-5-4-6-17(33-3)23(15)34-18/h4-10,13,20,29H,11-12H2,1-3H3/t20-/m0/s1. The van der Waals surface area contributed by atoms with Gasteiger partial charge in [-0.15, -0.1) is 0 Å². The number of fused-ring (bicyclic) bond motifs is 1. The second-order valence-corrected chi connectivity index (χ2v) is 8.13. The maximum atomic E-state index is 13.6. The molecular weight excluding hydrogens is 442 g/mol. The number of ketones is 1. The number of ether oxygens (including phenoxy) is 1. The highest BCUT2D eigenvalue weighted by Crippen LogP contribution is 2.40. The van der Waals surface area contributed by atoms with Crippen molar-refractivity contribution in [1.82, 2.24) is 9.80 Å². The first-order chi connectivity index (χ1) is 16.2. The SMILES string of the molecule is COc1cccc2cc(C(=O)C3=C(O)C(=O)N(CCN(C)C)[C@H]3c3ccc([N+](=O)[O-])cc3)oc12. The van der Waals surface area contributed by atoms with E-state index in [0.29, 0.717) is 28.8 Å². The number of non-ortho nitro benzene ring substituents is 1. The number of amides is 1. The van der Waals surface area contributed by atoms with Gasteiger partial charge in [-0.1, -0.05) is 12.1 Å². The fourth-order valence-electron chi connectivity index (χ4n) is 3.99. The first kappa shape index (κ1) is 23.0. The van der Waals surface area contributed by atoms with Crippen LogP contribution in [0.1, 0.15) is 22.2 Å². The summed E-state index contributed by atoms with van der Waals surface area (Å²) in [7, 11) is 5.15. The van der Waals surface area contributed by atoms with E-state index in [9.17, 15) is 24.8 Å². The van der Waals surface area contributed by atoms with Crippen molar-refractivity contribution >= 4 is 28.3 Å². The summed E-state index contributed by atoms with van der Waals surface area (Å²) < 4.78 is 11.1.